The van der Waals surface area contributed by atoms with Crippen LogP contribution in [0.4, 0.5) is 8.78 Å². The quantitative estimate of drug-likeness (QED) is 0.821. The van der Waals surface area contributed by atoms with Crippen LogP contribution in [0.1, 0.15) is 43.7 Å². The van der Waals surface area contributed by atoms with Crippen LogP contribution in [0.25, 0.3) is 0 Å². The van der Waals surface area contributed by atoms with Crippen molar-refractivity contribution >= 4 is 11.9 Å². The molecule has 22 heavy (non-hydrogen) atoms. The molecule has 1 aliphatic carbocycles. The van der Waals surface area contributed by atoms with Gasteiger partial charge < -0.3 is 10.4 Å². The van der Waals surface area contributed by atoms with Crippen LogP contribution in [-0.4, -0.2) is 17.0 Å². The molecule has 0 bridgehead atoms. The van der Waals surface area contributed by atoms with E-state index in [-0.39, 0.29) is 6.42 Å². The van der Waals surface area contributed by atoms with Gasteiger partial charge in [0.2, 0.25) is 5.91 Å². The first-order chi connectivity index (χ1) is 10.5. The van der Waals surface area contributed by atoms with Gasteiger partial charge in [-0.1, -0.05) is 11.6 Å². The molecular weight excluding hydrogens is 292 g/mol. The summed E-state index contributed by atoms with van der Waals surface area (Å²) >= 11 is 0. The highest BCUT2D eigenvalue weighted by Gasteiger charge is 2.26. The maximum absolute atomic E-state index is 13.7. The van der Waals surface area contributed by atoms with Crippen LogP contribution in [-0.2, 0) is 9.59 Å². The van der Waals surface area contributed by atoms with Crippen LogP contribution in [0.15, 0.2) is 29.8 Å². The summed E-state index contributed by atoms with van der Waals surface area (Å²) in [7, 11) is 0. The minimum absolute atomic E-state index is 0.0840. The lowest BCUT2D eigenvalue weighted by Crippen LogP contribution is -2.34. The Morgan fingerprint density at radius 1 is 1.27 bits per heavy atom. The van der Waals surface area contributed by atoms with Gasteiger partial charge in [-0.15, -0.1) is 0 Å². The van der Waals surface area contributed by atoms with E-state index in [1.165, 1.54) is 0 Å². The first-order valence-electron chi connectivity index (χ1n) is 7.12. The summed E-state index contributed by atoms with van der Waals surface area (Å²) in [6.45, 7) is 0. The number of benzene rings is 1. The molecule has 1 aromatic rings. The normalized spacial score (nSPS) is 15.8. The molecule has 0 saturated carbocycles. The summed E-state index contributed by atoms with van der Waals surface area (Å²) in [6, 6.07) is 0.921. The number of halogens is 2. The number of carboxylic acids is 1. The molecule has 1 unspecified atom stereocenters. The Hall–Kier alpha value is -2.24. The SMILES string of the molecule is O=C(CC1=CCCCC1)NC(C(=O)O)c1cc(F)ccc1F. The number of carbonyl (C=O) groups is 2. The Balaban J connectivity index is 2.11. The van der Waals surface area contributed by atoms with Crippen LogP contribution < -0.4 is 5.32 Å². The van der Waals surface area contributed by atoms with Crippen molar-refractivity contribution in [3.05, 3.63) is 47.0 Å². The molecule has 1 aromatic carbocycles. The van der Waals surface area contributed by atoms with E-state index in [1.54, 1.807) is 0 Å². The predicted molar refractivity (Wildman–Crippen MR) is 76.0 cm³/mol. The molecule has 2 rings (SSSR count). The van der Waals surface area contributed by atoms with Crippen molar-refractivity contribution in [2.75, 3.05) is 0 Å². The van der Waals surface area contributed by atoms with Crippen molar-refractivity contribution in [2.24, 2.45) is 0 Å². The number of hydrogen-bond donors (Lipinski definition) is 2. The number of amides is 1. The molecule has 1 amide bonds. The van der Waals surface area contributed by atoms with E-state index in [2.05, 4.69) is 5.32 Å². The zero-order valence-corrected chi connectivity index (χ0v) is 11.9. The fourth-order valence-corrected chi connectivity index (χ4v) is 2.49. The molecule has 0 aromatic heterocycles. The Bertz CT molecular complexity index is 613. The van der Waals surface area contributed by atoms with Crippen molar-refractivity contribution in [1.29, 1.82) is 0 Å². The van der Waals surface area contributed by atoms with Crippen molar-refractivity contribution in [2.45, 2.75) is 38.1 Å². The first kappa shape index (κ1) is 16.1. The number of carbonyl (C=O) groups excluding carboxylic acids is 1. The summed E-state index contributed by atoms with van der Waals surface area (Å²) in [5, 5.41) is 11.4. The zero-order chi connectivity index (χ0) is 16.1. The fourth-order valence-electron chi connectivity index (χ4n) is 2.49. The van der Waals surface area contributed by atoms with Crippen LogP contribution in [0.2, 0.25) is 0 Å². The number of nitrogens with one attached hydrogen (secondary N) is 1. The Labute approximate surface area is 126 Å². The van der Waals surface area contributed by atoms with Gasteiger partial charge in [-0.3, -0.25) is 4.79 Å². The van der Waals surface area contributed by atoms with Crippen LogP contribution in [0, 0.1) is 11.6 Å². The molecule has 0 fully saturated rings. The second kappa shape index (κ2) is 7.15. The lowest BCUT2D eigenvalue weighted by atomic mass is 9.96. The summed E-state index contributed by atoms with van der Waals surface area (Å²) in [4.78, 5) is 23.2. The largest absolute Gasteiger partial charge is 0.479 e. The van der Waals surface area contributed by atoms with Crippen molar-refractivity contribution in [1.82, 2.24) is 5.32 Å². The van der Waals surface area contributed by atoms with E-state index in [0.717, 1.165) is 49.5 Å². The van der Waals surface area contributed by atoms with E-state index >= 15 is 0 Å². The molecule has 0 aliphatic heterocycles. The molecule has 0 radical (unpaired) electrons. The summed E-state index contributed by atoms with van der Waals surface area (Å²) < 4.78 is 26.9. The molecular formula is C16H17F2NO3. The fraction of sp³-hybridized carbons (Fsp3) is 0.375. The highest BCUT2D eigenvalue weighted by atomic mass is 19.1. The number of rotatable bonds is 5. The molecule has 1 atom stereocenters. The predicted octanol–water partition coefficient (Wildman–Crippen LogP) is 3.10. The molecule has 6 heteroatoms. The number of aliphatic carboxylic acids is 1. The molecule has 1 aliphatic rings. The summed E-state index contributed by atoms with van der Waals surface area (Å²) in [5.74, 6) is -3.57. The second-order valence-electron chi connectivity index (χ2n) is 5.29. The van der Waals surface area contributed by atoms with Crippen molar-refractivity contribution in [3.63, 3.8) is 0 Å². The van der Waals surface area contributed by atoms with Crippen LogP contribution in [0.5, 0.6) is 0 Å². The molecule has 0 spiro atoms. The van der Waals surface area contributed by atoms with Gasteiger partial charge in [-0.05, 0) is 43.9 Å². The minimum Gasteiger partial charge on any atom is -0.479 e. The average Bonchev–Trinajstić information content (AvgIpc) is 2.48. The maximum atomic E-state index is 13.7. The van der Waals surface area contributed by atoms with Crippen LogP contribution in [0.3, 0.4) is 0 Å². The topological polar surface area (TPSA) is 66.4 Å². The lowest BCUT2D eigenvalue weighted by Gasteiger charge is -2.17. The summed E-state index contributed by atoms with van der Waals surface area (Å²) in [6.07, 6.45) is 5.85. The molecule has 4 nitrogen and oxygen atoms in total. The van der Waals surface area contributed by atoms with E-state index in [1.807, 2.05) is 6.08 Å². The molecule has 0 heterocycles. The van der Waals surface area contributed by atoms with E-state index < -0.39 is 35.1 Å². The van der Waals surface area contributed by atoms with E-state index in [4.69, 9.17) is 0 Å². The van der Waals surface area contributed by atoms with Crippen molar-refractivity contribution < 1.29 is 23.5 Å². The monoisotopic (exact) mass is 309 g/mol. The van der Waals surface area contributed by atoms with Crippen LogP contribution >= 0.6 is 0 Å². The van der Waals surface area contributed by atoms with E-state index in [9.17, 15) is 23.5 Å². The highest BCUT2D eigenvalue weighted by molar-refractivity contribution is 5.85. The maximum Gasteiger partial charge on any atom is 0.331 e. The Morgan fingerprint density at radius 3 is 2.68 bits per heavy atom. The molecule has 2 N–H and O–H groups in total. The molecule has 0 saturated heterocycles. The third-order valence-corrected chi connectivity index (χ3v) is 3.59. The molecule has 118 valence electrons. The van der Waals surface area contributed by atoms with Gasteiger partial charge >= 0.3 is 5.97 Å². The van der Waals surface area contributed by atoms with E-state index in [0.29, 0.717) is 0 Å². The van der Waals surface area contributed by atoms with Gasteiger partial charge in [0.1, 0.15) is 11.6 Å². The third kappa shape index (κ3) is 4.13. The Morgan fingerprint density at radius 2 is 2.05 bits per heavy atom. The van der Waals surface area contributed by atoms with Gasteiger partial charge in [0.05, 0.1) is 0 Å². The smallest absolute Gasteiger partial charge is 0.331 e. The second-order valence-corrected chi connectivity index (χ2v) is 5.29. The van der Waals surface area contributed by atoms with Gasteiger partial charge in [0.25, 0.3) is 0 Å². The van der Waals surface area contributed by atoms with Gasteiger partial charge in [0, 0.05) is 12.0 Å². The minimum atomic E-state index is -1.60. The number of carboxylic acid groups (broad SMARTS) is 1. The first-order valence-corrected chi connectivity index (χ1v) is 7.12. The van der Waals surface area contributed by atoms with Gasteiger partial charge in [-0.2, -0.15) is 0 Å². The third-order valence-electron chi connectivity index (χ3n) is 3.59. The highest BCUT2D eigenvalue weighted by Crippen LogP contribution is 2.22. The standard InChI is InChI=1S/C16H17F2NO3/c17-11-6-7-13(18)12(9-11)15(16(21)22)19-14(20)8-10-4-2-1-3-5-10/h4,6-7,9,15H,1-3,5,8H2,(H,19,20)(H,21,22). The zero-order valence-electron chi connectivity index (χ0n) is 11.9. The summed E-state index contributed by atoms with van der Waals surface area (Å²) in [5.41, 5.74) is 0.561. The van der Waals surface area contributed by atoms with Crippen molar-refractivity contribution in [3.8, 4) is 0 Å². The lowest BCUT2D eigenvalue weighted by molar-refractivity contribution is -0.142. The van der Waals surface area contributed by atoms with Gasteiger partial charge in [-0.25, -0.2) is 13.6 Å². The Kier molecular flexibility index (Phi) is 5.25. The average molecular weight is 309 g/mol. The number of allylic oxidation sites excluding steroid dienone is 1. The number of hydrogen-bond acceptors (Lipinski definition) is 2. The van der Waals surface area contributed by atoms with Gasteiger partial charge in [0.15, 0.2) is 6.04 Å².